The molecule has 1 saturated carbocycles. The van der Waals surface area contributed by atoms with Crippen molar-refractivity contribution in [3.8, 4) is 0 Å². The fraction of sp³-hybridized carbons (Fsp3) is 0.846. The summed E-state index contributed by atoms with van der Waals surface area (Å²) in [6.07, 6.45) is 3.61. The highest BCUT2D eigenvalue weighted by Crippen LogP contribution is 2.43. The molecule has 0 aliphatic heterocycles. The molecule has 1 aromatic heterocycles. The molecule has 5 heteroatoms. The van der Waals surface area contributed by atoms with Gasteiger partial charge in [0.25, 0.3) is 0 Å². The second kappa shape index (κ2) is 4.53. The molecule has 2 rings (SSSR count). The lowest BCUT2D eigenvalue weighted by Gasteiger charge is -2.41. The summed E-state index contributed by atoms with van der Waals surface area (Å²) < 4.78 is 3.04. The van der Waals surface area contributed by atoms with Gasteiger partial charge in [-0.1, -0.05) is 20.8 Å². The van der Waals surface area contributed by atoms with Crippen LogP contribution in [0.5, 0.6) is 0 Å². The van der Waals surface area contributed by atoms with Crippen LogP contribution in [0.15, 0.2) is 11.1 Å². The van der Waals surface area contributed by atoms with Gasteiger partial charge in [0, 0.05) is 7.05 Å². The van der Waals surface area contributed by atoms with E-state index >= 15 is 0 Å². The van der Waals surface area contributed by atoms with Crippen LogP contribution in [0.25, 0.3) is 0 Å². The van der Waals surface area contributed by atoms with Gasteiger partial charge in [0.1, 0.15) is 6.33 Å². The lowest BCUT2D eigenvalue weighted by atomic mass is 9.69. The molecule has 3 unspecified atom stereocenters. The van der Waals surface area contributed by atoms with E-state index in [0.717, 1.165) is 12.8 Å². The summed E-state index contributed by atoms with van der Waals surface area (Å²) >= 11 is 0. The third-order valence-electron chi connectivity index (χ3n) is 4.06. The number of rotatable bonds is 1. The molecule has 5 nitrogen and oxygen atoms in total. The molecule has 0 amide bonds. The Balaban J connectivity index is 2.37. The van der Waals surface area contributed by atoms with E-state index in [1.807, 2.05) is 0 Å². The highest BCUT2D eigenvalue weighted by molar-refractivity contribution is 4.90. The molecule has 1 aliphatic carbocycles. The van der Waals surface area contributed by atoms with E-state index in [-0.39, 0.29) is 23.3 Å². The Morgan fingerprint density at radius 2 is 2.06 bits per heavy atom. The van der Waals surface area contributed by atoms with Crippen LogP contribution in [0.2, 0.25) is 0 Å². The Kier molecular flexibility index (Phi) is 3.36. The number of hydrogen-bond acceptors (Lipinski definition) is 3. The summed E-state index contributed by atoms with van der Waals surface area (Å²) in [5.41, 5.74) is 0.0187. The molecule has 0 bridgehead atoms. The van der Waals surface area contributed by atoms with Gasteiger partial charge in [-0.2, -0.15) is 5.10 Å². The second-order valence-electron chi connectivity index (χ2n) is 6.48. The largest absolute Gasteiger partial charge is 0.393 e. The van der Waals surface area contributed by atoms with Crippen molar-refractivity contribution in [2.75, 3.05) is 0 Å². The maximum absolute atomic E-state index is 12.0. The molecule has 18 heavy (non-hydrogen) atoms. The number of aryl methyl sites for hydroxylation is 1. The van der Waals surface area contributed by atoms with Crippen LogP contribution in [-0.2, 0) is 7.05 Å². The highest BCUT2D eigenvalue weighted by Gasteiger charge is 2.39. The highest BCUT2D eigenvalue weighted by atomic mass is 16.3. The SMILES string of the molecule is Cn1cnn(C2CC(O)CCC2C(C)(C)C)c1=O. The first-order valence-corrected chi connectivity index (χ1v) is 6.59. The van der Waals surface area contributed by atoms with Crippen molar-refractivity contribution in [3.05, 3.63) is 16.8 Å². The minimum Gasteiger partial charge on any atom is -0.393 e. The van der Waals surface area contributed by atoms with Gasteiger partial charge >= 0.3 is 5.69 Å². The quantitative estimate of drug-likeness (QED) is 0.821. The number of aliphatic hydroxyl groups is 1. The normalized spacial score (nSPS) is 29.5. The van der Waals surface area contributed by atoms with Gasteiger partial charge in [-0.25, -0.2) is 9.48 Å². The molecule has 3 atom stereocenters. The second-order valence-corrected chi connectivity index (χ2v) is 6.48. The van der Waals surface area contributed by atoms with E-state index in [0.29, 0.717) is 12.3 Å². The number of hydrogen-bond donors (Lipinski definition) is 1. The van der Waals surface area contributed by atoms with E-state index in [1.54, 1.807) is 18.1 Å². The van der Waals surface area contributed by atoms with Crippen molar-refractivity contribution in [1.29, 1.82) is 0 Å². The molecule has 1 aromatic rings. The van der Waals surface area contributed by atoms with Crippen molar-refractivity contribution in [3.63, 3.8) is 0 Å². The number of aliphatic hydroxyl groups excluding tert-OH is 1. The minimum atomic E-state index is -0.317. The third kappa shape index (κ3) is 2.36. The average molecular weight is 253 g/mol. The first kappa shape index (κ1) is 13.3. The van der Waals surface area contributed by atoms with Crippen LogP contribution in [0.3, 0.4) is 0 Å². The molecule has 102 valence electrons. The molecule has 1 N–H and O–H groups in total. The molecule has 0 aromatic carbocycles. The van der Waals surface area contributed by atoms with E-state index in [2.05, 4.69) is 25.9 Å². The Morgan fingerprint density at radius 1 is 1.39 bits per heavy atom. The minimum absolute atomic E-state index is 0.00227. The van der Waals surface area contributed by atoms with Crippen LogP contribution in [0.1, 0.15) is 46.1 Å². The van der Waals surface area contributed by atoms with E-state index in [4.69, 9.17) is 0 Å². The first-order valence-electron chi connectivity index (χ1n) is 6.59. The lowest BCUT2D eigenvalue weighted by Crippen LogP contribution is -2.41. The van der Waals surface area contributed by atoms with Gasteiger partial charge in [-0.3, -0.25) is 4.57 Å². The summed E-state index contributed by atoms with van der Waals surface area (Å²) in [6.45, 7) is 6.57. The summed E-state index contributed by atoms with van der Waals surface area (Å²) in [4.78, 5) is 12.0. The molecule has 0 radical (unpaired) electrons. The molecular formula is C13H23N3O2. The molecule has 0 spiro atoms. The van der Waals surface area contributed by atoms with Gasteiger partial charge in [0.05, 0.1) is 12.1 Å². The molecule has 1 fully saturated rings. The van der Waals surface area contributed by atoms with Gasteiger partial charge in [0.2, 0.25) is 0 Å². The first-order chi connectivity index (χ1) is 8.30. The Labute approximate surface area is 107 Å². The van der Waals surface area contributed by atoms with Crippen LogP contribution >= 0.6 is 0 Å². The standard InChI is InChI=1S/C13H23N3O2/c1-13(2,3)10-6-5-9(17)7-11(10)16-12(18)15(4)8-14-16/h8-11,17H,5-7H2,1-4H3. The Bertz CT molecular complexity index is 469. The van der Waals surface area contributed by atoms with Crippen molar-refractivity contribution in [2.45, 2.75) is 52.2 Å². The van der Waals surface area contributed by atoms with Crippen LogP contribution in [-0.4, -0.2) is 25.6 Å². The van der Waals surface area contributed by atoms with Gasteiger partial charge in [0.15, 0.2) is 0 Å². The lowest BCUT2D eigenvalue weighted by molar-refractivity contribution is 0.0238. The van der Waals surface area contributed by atoms with Gasteiger partial charge < -0.3 is 5.11 Å². The van der Waals surface area contributed by atoms with Crippen LogP contribution in [0, 0.1) is 11.3 Å². The topological polar surface area (TPSA) is 60.1 Å². The maximum atomic E-state index is 12.0. The van der Waals surface area contributed by atoms with Gasteiger partial charge in [-0.15, -0.1) is 0 Å². The summed E-state index contributed by atoms with van der Waals surface area (Å²) in [6, 6.07) is 0.00227. The zero-order valence-corrected chi connectivity index (χ0v) is 11.6. The molecule has 1 heterocycles. The van der Waals surface area contributed by atoms with Crippen LogP contribution < -0.4 is 5.69 Å². The van der Waals surface area contributed by atoms with Gasteiger partial charge in [-0.05, 0) is 30.6 Å². The third-order valence-corrected chi connectivity index (χ3v) is 4.06. The van der Waals surface area contributed by atoms with Crippen molar-refractivity contribution >= 4 is 0 Å². The monoisotopic (exact) mass is 253 g/mol. The van der Waals surface area contributed by atoms with Crippen molar-refractivity contribution in [2.24, 2.45) is 18.4 Å². The van der Waals surface area contributed by atoms with Crippen LogP contribution in [0.4, 0.5) is 0 Å². The summed E-state index contributed by atoms with van der Waals surface area (Å²) in [5, 5.41) is 14.1. The summed E-state index contributed by atoms with van der Waals surface area (Å²) in [5.74, 6) is 0.369. The zero-order valence-electron chi connectivity index (χ0n) is 11.6. The van der Waals surface area contributed by atoms with E-state index in [9.17, 15) is 9.90 Å². The van der Waals surface area contributed by atoms with Crippen molar-refractivity contribution < 1.29 is 5.11 Å². The molecular weight excluding hydrogens is 230 g/mol. The smallest absolute Gasteiger partial charge is 0.345 e. The Morgan fingerprint density at radius 3 is 2.56 bits per heavy atom. The predicted molar refractivity (Wildman–Crippen MR) is 69.3 cm³/mol. The maximum Gasteiger partial charge on any atom is 0.345 e. The number of aromatic nitrogens is 3. The fourth-order valence-electron chi connectivity index (χ4n) is 3.03. The number of nitrogens with zero attached hydrogens (tertiary/aromatic N) is 3. The Hall–Kier alpha value is -1.10. The molecule has 1 aliphatic rings. The predicted octanol–water partition coefficient (Wildman–Crippen LogP) is 1.33. The summed E-state index contributed by atoms with van der Waals surface area (Å²) in [7, 11) is 1.71. The van der Waals surface area contributed by atoms with E-state index < -0.39 is 0 Å². The molecule has 0 saturated heterocycles. The van der Waals surface area contributed by atoms with Crippen molar-refractivity contribution in [1.82, 2.24) is 14.3 Å². The fourth-order valence-corrected chi connectivity index (χ4v) is 3.03. The zero-order chi connectivity index (χ0) is 13.5. The average Bonchev–Trinajstić information content (AvgIpc) is 2.58. The van der Waals surface area contributed by atoms with E-state index in [1.165, 1.54) is 4.57 Å².